The minimum absolute atomic E-state index is 0.0589. The quantitative estimate of drug-likeness (QED) is 0.917. The highest BCUT2D eigenvalue weighted by Crippen LogP contribution is 2.24. The molecule has 0 radical (unpaired) electrons. The van der Waals surface area contributed by atoms with Crippen molar-refractivity contribution in [3.8, 4) is 0 Å². The Morgan fingerprint density at radius 2 is 2.20 bits per heavy atom. The lowest BCUT2D eigenvalue weighted by molar-refractivity contribution is 0.0564. The zero-order valence-corrected chi connectivity index (χ0v) is 11.4. The molecule has 0 spiro atoms. The zero-order valence-electron chi connectivity index (χ0n) is 11.4. The maximum absolute atomic E-state index is 5.22. The number of benzene rings is 1. The van der Waals surface area contributed by atoms with E-state index in [-0.39, 0.29) is 6.17 Å². The molecule has 5 nitrogen and oxygen atoms in total. The van der Waals surface area contributed by atoms with Crippen LogP contribution in [-0.4, -0.2) is 37.1 Å². The molecular formula is C15H18N4O. The van der Waals surface area contributed by atoms with Crippen molar-refractivity contribution in [3.05, 3.63) is 42.6 Å². The molecule has 0 bridgehead atoms. The van der Waals surface area contributed by atoms with Crippen molar-refractivity contribution >= 4 is 17.9 Å². The number of hydrogen-bond acceptors (Lipinski definition) is 5. The zero-order chi connectivity index (χ0) is 13.8. The molecule has 20 heavy (non-hydrogen) atoms. The number of anilines is 1. The number of methoxy groups -OCH3 is 1. The van der Waals surface area contributed by atoms with Crippen LogP contribution in [0.2, 0.25) is 0 Å². The van der Waals surface area contributed by atoms with Crippen molar-refractivity contribution in [1.82, 2.24) is 4.90 Å². The first kappa shape index (κ1) is 12.9. The maximum atomic E-state index is 5.22. The molecule has 2 heterocycles. The second-order valence-electron chi connectivity index (χ2n) is 4.85. The lowest BCUT2D eigenvalue weighted by Crippen LogP contribution is -2.42. The van der Waals surface area contributed by atoms with E-state index >= 15 is 0 Å². The van der Waals surface area contributed by atoms with Crippen LogP contribution in [-0.2, 0) is 4.74 Å². The third-order valence-electron chi connectivity index (χ3n) is 3.38. The predicted molar refractivity (Wildman–Crippen MR) is 80.7 cm³/mol. The summed E-state index contributed by atoms with van der Waals surface area (Å²) in [5.74, 6) is 0.963. The Balaban J connectivity index is 1.77. The number of rotatable bonds is 3. The highest BCUT2D eigenvalue weighted by Gasteiger charge is 2.29. The standard InChI is InChI=1S/C15H18N4O/c1-20-11-19-9-5-6-12-10-16-15(18-14(12)19)17-13-7-3-2-4-8-13/h2-5,7-10,12,14H,6,11H2,1H3,(H,17,18). The van der Waals surface area contributed by atoms with Gasteiger partial charge in [0, 0.05) is 24.9 Å². The first-order chi connectivity index (χ1) is 9.86. The molecule has 2 aliphatic rings. The van der Waals surface area contributed by atoms with Crippen LogP contribution in [0.3, 0.4) is 0 Å². The molecule has 5 heteroatoms. The molecule has 3 rings (SSSR count). The molecule has 1 aromatic rings. The van der Waals surface area contributed by atoms with Gasteiger partial charge in [0.2, 0.25) is 5.96 Å². The lowest BCUT2D eigenvalue weighted by atomic mass is 9.99. The van der Waals surface area contributed by atoms with E-state index in [9.17, 15) is 0 Å². The first-order valence-corrected chi connectivity index (χ1v) is 6.72. The average molecular weight is 270 g/mol. The second kappa shape index (κ2) is 5.88. The molecule has 2 atom stereocenters. The van der Waals surface area contributed by atoms with Gasteiger partial charge >= 0.3 is 0 Å². The molecule has 104 valence electrons. The smallest absolute Gasteiger partial charge is 0.224 e. The fourth-order valence-corrected chi connectivity index (χ4v) is 2.43. The Morgan fingerprint density at radius 1 is 1.35 bits per heavy atom. The number of aliphatic imine (C=N–C) groups is 2. The van der Waals surface area contributed by atoms with Crippen molar-refractivity contribution in [2.75, 3.05) is 19.2 Å². The number of hydrogen-bond donors (Lipinski definition) is 1. The number of nitrogens with zero attached hydrogens (tertiary/aromatic N) is 3. The molecule has 0 fully saturated rings. The topological polar surface area (TPSA) is 49.2 Å². The van der Waals surface area contributed by atoms with Gasteiger partial charge in [-0.25, -0.2) is 9.98 Å². The summed E-state index contributed by atoms with van der Waals surface area (Å²) in [6, 6.07) is 9.95. The van der Waals surface area contributed by atoms with Crippen molar-refractivity contribution in [2.24, 2.45) is 15.9 Å². The van der Waals surface area contributed by atoms with Gasteiger partial charge in [0.25, 0.3) is 0 Å². The molecule has 0 saturated carbocycles. The minimum Gasteiger partial charge on any atom is -0.364 e. The second-order valence-corrected chi connectivity index (χ2v) is 4.85. The van der Waals surface area contributed by atoms with E-state index in [1.807, 2.05) is 42.7 Å². The van der Waals surface area contributed by atoms with Crippen LogP contribution in [0.1, 0.15) is 6.42 Å². The average Bonchev–Trinajstić information content (AvgIpc) is 2.49. The van der Waals surface area contributed by atoms with Crippen LogP contribution in [0.15, 0.2) is 52.6 Å². The van der Waals surface area contributed by atoms with E-state index in [1.165, 1.54) is 0 Å². The molecule has 1 N–H and O–H groups in total. The van der Waals surface area contributed by atoms with Crippen molar-refractivity contribution < 1.29 is 4.74 Å². The number of fused-ring (bicyclic) bond motifs is 1. The van der Waals surface area contributed by atoms with Crippen molar-refractivity contribution in [3.63, 3.8) is 0 Å². The SMILES string of the molecule is COCN1C=CCC2C=NC(Nc3ccccc3)=NC21. The third kappa shape index (κ3) is 2.72. The van der Waals surface area contributed by atoms with Gasteiger partial charge in [-0.3, -0.25) is 0 Å². The monoisotopic (exact) mass is 270 g/mol. The van der Waals surface area contributed by atoms with Gasteiger partial charge in [0.05, 0.1) is 0 Å². The Morgan fingerprint density at radius 3 is 3.00 bits per heavy atom. The Bertz CT molecular complexity index is 538. The van der Waals surface area contributed by atoms with Crippen molar-refractivity contribution in [2.45, 2.75) is 12.6 Å². The van der Waals surface area contributed by atoms with Crippen LogP contribution in [0, 0.1) is 5.92 Å². The van der Waals surface area contributed by atoms with Gasteiger partial charge in [-0.05, 0) is 24.8 Å². The lowest BCUT2D eigenvalue weighted by Gasteiger charge is -2.36. The summed E-state index contributed by atoms with van der Waals surface area (Å²) < 4.78 is 5.22. The summed E-state index contributed by atoms with van der Waals surface area (Å²) in [6.45, 7) is 0.535. The summed E-state index contributed by atoms with van der Waals surface area (Å²) in [7, 11) is 1.70. The first-order valence-electron chi connectivity index (χ1n) is 6.72. The van der Waals surface area contributed by atoms with Gasteiger partial charge in [-0.2, -0.15) is 0 Å². The largest absolute Gasteiger partial charge is 0.364 e. The van der Waals surface area contributed by atoms with Crippen molar-refractivity contribution in [1.29, 1.82) is 0 Å². The highest BCUT2D eigenvalue weighted by atomic mass is 16.5. The predicted octanol–water partition coefficient (Wildman–Crippen LogP) is 2.30. The Labute approximate surface area is 118 Å². The molecule has 2 unspecified atom stereocenters. The van der Waals surface area contributed by atoms with E-state index < -0.39 is 0 Å². The fraction of sp³-hybridized carbons (Fsp3) is 0.333. The summed E-state index contributed by atoms with van der Waals surface area (Å²) in [5, 5.41) is 3.24. The van der Waals surface area contributed by atoms with E-state index in [0.29, 0.717) is 18.6 Å². The molecule has 0 aliphatic carbocycles. The summed E-state index contributed by atoms with van der Waals surface area (Å²) >= 11 is 0. The Hall–Kier alpha value is -2.14. The fourth-order valence-electron chi connectivity index (χ4n) is 2.43. The molecule has 2 aliphatic heterocycles. The molecule has 0 amide bonds. The number of nitrogens with one attached hydrogen (secondary N) is 1. The van der Waals surface area contributed by atoms with E-state index in [0.717, 1.165) is 12.1 Å². The van der Waals surface area contributed by atoms with Gasteiger partial charge < -0.3 is 15.0 Å². The number of ether oxygens (including phenoxy) is 1. The van der Waals surface area contributed by atoms with E-state index in [4.69, 9.17) is 9.73 Å². The van der Waals surface area contributed by atoms with E-state index in [2.05, 4.69) is 21.3 Å². The highest BCUT2D eigenvalue weighted by molar-refractivity contribution is 6.00. The van der Waals surface area contributed by atoms with Crippen LogP contribution in [0.4, 0.5) is 5.69 Å². The summed E-state index contributed by atoms with van der Waals surface area (Å²) in [4.78, 5) is 11.2. The van der Waals surface area contributed by atoms with Gasteiger partial charge in [-0.15, -0.1) is 0 Å². The normalized spacial score (nSPS) is 24.2. The molecule has 0 aromatic heterocycles. The van der Waals surface area contributed by atoms with Gasteiger partial charge in [0.1, 0.15) is 12.9 Å². The maximum Gasteiger partial charge on any atom is 0.224 e. The van der Waals surface area contributed by atoms with Crippen LogP contribution in [0.25, 0.3) is 0 Å². The summed E-state index contributed by atoms with van der Waals surface area (Å²) in [6.07, 6.45) is 7.19. The number of para-hydroxylation sites is 1. The van der Waals surface area contributed by atoms with Crippen LogP contribution >= 0.6 is 0 Å². The minimum atomic E-state index is 0.0589. The third-order valence-corrected chi connectivity index (χ3v) is 3.38. The van der Waals surface area contributed by atoms with E-state index in [1.54, 1.807) is 7.11 Å². The Kier molecular flexibility index (Phi) is 3.78. The molecular weight excluding hydrogens is 252 g/mol. The summed E-state index contributed by atoms with van der Waals surface area (Å²) in [5.41, 5.74) is 0.992. The number of allylic oxidation sites excluding steroid dienone is 1. The van der Waals surface area contributed by atoms with Gasteiger partial charge in [-0.1, -0.05) is 24.3 Å². The number of guanidine groups is 1. The van der Waals surface area contributed by atoms with Crippen LogP contribution < -0.4 is 5.32 Å². The molecule has 1 aromatic carbocycles. The van der Waals surface area contributed by atoms with Gasteiger partial charge in [0.15, 0.2) is 0 Å². The van der Waals surface area contributed by atoms with Crippen LogP contribution in [0.5, 0.6) is 0 Å². The molecule has 0 saturated heterocycles.